The number of benzene rings is 1. The third-order valence-corrected chi connectivity index (χ3v) is 5.14. The monoisotopic (exact) mass is 376 g/mol. The van der Waals surface area contributed by atoms with E-state index >= 15 is 0 Å². The van der Waals surface area contributed by atoms with Crippen LogP contribution in [0.5, 0.6) is 5.75 Å². The first kappa shape index (κ1) is 16.8. The van der Waals surface area contributed by atoms with E-state index in [4.69, 9.17) is 9.15 Å². The van der Waals surface area contributed by atoms with Crippen molar-refractivity contribution in [3.63, 3.8) is 0 Å². The van der Waals surface area contributed by atoms with Crippen molar-refractivity contribution in [3.8, 4) is 17.0 Å². The van der Waals surface area contributed by atoms with Gasteiger partial charge in [0.05, 0.1) is 24.6 Å². The highest BCUT2D eigenvalue weighted by molar-refractivity contribution is 5.84. The van der Waals surface area contributed by atoms with Gasteiger partial charge in [0.25, 0.3) is 0 Å². The number of rotatable bonds is 3. The minimum atomic E-state index is -0.389. The van der Waals surface area contributed by atoms with Gasteiger partial charge in [0.15, 0.2) is 0 Å². The van der Waals surface area contributed by atoms with Crippen molar-refractivity contribution >= 4 is 22.3 Å². The van der Waals surface area contributed by atoms with E-state index in [1.54, 1.807) is 7.11 Å². The maximum atomic E-state index is 12.7. The number of pyridine rings is 1. The number of ether oxygens (including phenoxy) is 1. The van der Waals surface area contributed by atoms with E-state index in [1.807, 2.05) is 47.1 Å². The van der Waals surface area contributed by atoms with Crippen LogP contribution in [0.2, 0.25) is 0 Å². The zero-order chi connectivity index (χ0) is 19.1. The Balaban J connectivity index is 1.56. The lowest BCUT2D eigenvalue weighted by molar-refractivity contribution is 0.412. The summed E-state index contributed by atoms with van der Waals surface area (Å²) >= 11 is 0. The highest BCUT2D eigenvalue weighted by Crippen LogP contribution is 2.26. The fourth-order valence-corrected chi connectivity index (χ4v) is 3.62. The summed E-state index contributed by atoms with van der Waals surface area (Å²) < 4.78 is 12.7. The predicted octanol–water partition coefficient (Wildman–Crippen LogP) is 2.53. The maximum Gasteiger partial charge on any atom is 0.345 e. The van der Waals surface area contributed by atoms with Gasteiger partial charge in [0.2, 0.25) is 0 Å². The Hall–Kier alpha value is -3.32. The van der Waals surface area contributed by atoms with Gasteiger partial charge >= 0.3 is 5.63 Å². The summed E-state index contributed by atoms with van der Waals surface area (Å²) in [6.45, 7) is 3.80. The fourth-order valence-electron chi connectivity index (χ4n) is 3.62. The quantitative estimate of drug-likeness (QED) is 0.554. The normalized spacial score (nSPS) is 14.7. The SMILES string of the molecule is COc1ccc2nc(-c3cc4ccc(N5CCNCC5)cc4oc3=O)cn2c1. The first-order valence-corrected chi connectivity index (χ1v) is 9.28. The first-order chi connectivity index (χ1) is 13.7. The summed E-state index contributed by atoms with van der Waals surface area (Å²) in [5, 5.41) is 4.22. The van der Waals surface area contributed by atoms with Crippen LogP contribution in [-0.4, -0.2) is 42.7 Å². The first-order valence-electron chi connectivity index (χ1n) is 9.28. The molecular formula is C21H20N4O3. The summed E-state index contributed by atoms with van der Waals surface area (Å²) in [5.74, 6) is 0.724. The van der Waals surface area contributed by atoms with Crippen LogP contribution in [0.1, 0.15) is 0 Å². The Kier molecular flexibility index (Phi) is 4.02. The minimum Gasteiger partial charge on any atom is -0.495 e. The molecule has 7 nitrogen and oxygen atoms in total. The average Bonchev–Trinajstić information content (AvgIpc) is 3.16. The Morgan fingerprint density at radius 2 is 1.96 bits per heavy atom. The van der Waals surface area contributed by atoms with E-state index < -0.39 is 0 Å². The molecule has 0 aliphatic carbocycles. The molecule has 1 aliphatic rings. The number of hydrogen-bond donors (Lipinski definition) is 1. The van der Waals surface area contributed by atoms with Crippen LogP contribution in [0.3, 0.4) is 0 Å². The standard InChI is InChI=1S/C21H20N4O3/c1-27-16-4-5-20-23-18(13-25(20)12-16)17-10-14-2-3-15(11-19(14)28-21(17)26)24-8-6-22-7-9-24/h2-5,10-13,22H,6-9H2,1H3. The number of fused-ring (bicyclic) bond motifs is 2. The largest absolute Gasteiger partial charge is 0.495 e. The van der Waals surface area contributed by atoms with Crippen LogP contribution in [0.25, 0.3) is 27.9 Å². The number of hydrogen-bond acceptors (Lipinski definition) is 6. The molecule has 4 aromatic rings. The molecule has 0 spiro atoms. The molecular weight excluding hydrogens is 356 g/mol. The van der Waals surface area contributed by atoms with Crippen molar-refractivity contribution in [1.82, 2.24) is 14.7 Å². The summed E-state index contributed by atoms with van der Waals surface area (Å²) in [6, 6.07) is 11.6. The van der Waals surface area contributed by atoms with Crippen LogP contribution < -0.4 is 20.6 Å². The predicted molar refractivity (Wildman–Crippen MR) is 108 cm³/mol. The second kappa shape index (κ2) is 6.69. The zero-order valence-electron chi connectivity index (χ0n) is 15.5. The van der Waals surface area contributed by atoms with Crippen molar-refractivity contribution in [2.45, 2.75) is 0 Å². The molecule has 0 amide bonds. The van der Waals surface area contributed by atoms with Gasteiger partial charge in [-0.25, -0.2) is 9.78 Å². The van der Waals surface area contributed by atoms with Gasteiger partial charge in [0, 0.05) is 49.5 Å². The molecule has 0 atom stereocenters. The summed E-state index contributed by atoms with van der Waals surface area (Å²) in [5.41, 5.74) is 3.05. The maximum absolute atomic E-state index is 12.7. The smallest absolute Gasteiger partial charge is 0.345 e. The summed E-state index contributed by atoms with van der Waals surface area (Å²) in [4.78, 5) is 19.5. The number of piperazine rings is 1. The van der Waals surface area contributed by atoms with Crippen molar-refractivity contribution in [3.05, 3.63) is 59.2 Å². The molecule has 1 aliphatic heterocycles. The lowest BCUT2D eigenvalue weighted by Crippen LogP contribution is -2.43. The molecule has 5 rings (SSSR count). The third kappa shape index (κ3) is 2.90. The van der Waals surface area contributed by atoms with E-state index in [1.165, 1.54) is 0 Å². The van der Waals surface area contributed by atoms with Crippen molar-refractivity contribution in [2.24, 2.45) is 0 Å². The second-order valence-electron chi connectivity index (χ2n) is 6.87. The Morgan fingerprint density at radius 1 is 1.11 bits per heavy atom. The molecule has 1 aromatic carbocycles. The Morgan fingerprint density at radius 3 is 2.79 bits per heavy atom. The van der Waals surface area contributed by atoms with E-state index in [0.29, 0.717) is 16.8 Å². The average molecular weight is 376 g/mol. The van der Waals surface area contributed by atoms with Gasteiger partial charge in [-0.2, -0.15) is 0 Å². The molecule has 1 fully saturated rings. The molecule has 0 radical (unpaired) electrons. The molecule has 4 heterocycles. The molecule has 142 valence electrons. The number of nitrogens with zero attached hydrogens (tertiary/aromatic N) is 3. The van der Waals surface area contributed by atoms with Crippen LogP contribution in [0.4, 0.5) is 5.69 Å². The number of aromatic nitrogens is 2. The second-order valence-corrected chi connectivity index (χ2v) is 6.87. The van der Waals surface area contributed by atoms with E-state index in [2.05, 4.69) is 21.3 Å². The summed E-state index contributed by atoms with van der Waals surface area (Å²) in [6.07, 6.45) is 3.64. The van der Waals surface area contributed by atoms with Gasteiger partial charge in [-0.15, -0.1) is 0 Å². The number of imidazole rings is 1. The number of nitrogens with one attached hydrogen (secondary N) is 1. The van der Waals surface area contributed by atoms with Gasteiger partial charge in [-0.3, -0.25) is 0 Å². The van der Waals surface area contributed by atoms with E-state index in [9.17, 15) is 4.79 Å². The number of anilines is 1. The van der Waals surface area contributed by atoms with Gasteiger partial charge < -0.3 is 23.8 Å². The Labute approximate surface area is 161 Å². The molecule has 0 saturated carbocycles. The van der Waals surface area contributed by atoms with Crippen LogP contribution in [0, 0.1) is 0 Å². The van der Waals surface area contributed by atoms with E-state index in [0.717, 1.165) is 48.6 Å². The molecule has 28 heavy (non-hydrogen) atoms. The molecule has 3 aromatic heterocycles. The lowest BCUT2D eigenvalue weighted by atomic mass is 10.1. The van der Waals surface area contributed by atoms with Crippen molar-refractivity contribution in [1.29, 1.82) is 0 Å². The lowest BCUT2D eigenvalue weighted by Gasteiger charge is -2.29. The third-order valence-electron chi connectivity index (χ3n) is 5.14. The molecule has 0 unspecified atom stereocenters. The van der Waals surface area contributed by atoms with E-state index in [-0.39, 0.29) is 5.63 Å². The van der Waals surface area contributed by atoms with Gasteiger partial charge in [-0.05, 0) is 30.3 Å². The Bertz CT molecular complexity index is 1220. The van der Waals surface area contributed by atoms with Gasteiger partial charge in [-0.1, -0.05) is 0 Å². The number of methoxy groups -OCH3 is 1. The van der Waals surface area contributed by atoms with Crippen LogP contribution >= 0.6 is 0 Å². The highest BCUT2D eigenvalue weighted by atomic mass is 16.5. The van der Waals surface area contributed by atoms with Gasteiger partial charge in [0.1, 0.15) is 17.0 Å². The fraction of sp³-hybridized carbons (Fsp3) is 0.238. The molecule has 1 saturated heterocycles. The molecule has 7 heteroatoms. The molecule has 0 bridgehead atoms. The van der Waals surface area contributed by atoms with Crippen LogP contribution in [0.15, 0.2) is 58.0 Å². The summed E-state index contributed by atoms with van der Waals surface area (Å²) in [7, 11) is 1.62. The topological polar surface area (TPSA) is 72.0 Å². The van der Waals surface area contributed by atoms with Crippen molar-refractivity contribution < 1.29 is 9.15 Å². The molecule has 1 N–H and O–H groups in total. The van der Waals surface area contributed by atoms with Crippen molar-refractivity contribution in [2.75, 3.05) is 38.2 Å². The highest BCUT2D eigenvalue weighted by Gasteiger charge is 2.15. The minimum absolute atomic E-state index is 0.389. The zero-order valence-corrected chi connectivity index (χ0v) is 15.5. The van der Waals surface area contributed by atoms with Crippen LogP contribution in [-0.2, 0) is 0 Å².